The molecule has 0 saturated heterocycles. The van der Waals surface area contributed by atoms with E-state index in [1.807, 2.05) is 37.3 Å². The normalized spacial score (nSPS) is 14.3. The van der Waals surface area contributed by atoms with Gasteiger partial charge in [-0.2, -0.15) is 0 Å². The monoisotopic (exact) mass is 398 g/mol. The topological polar surface area (TPSA) is 75.7 Å². The van der Waals surface area contributed by atoms with Crippen LogP contribution in [-0.2, 0) is 14.3 Å². The molecule has 2 amide bonds. The Morgan fingerprint density at radius 1 is 1.21 bits per heavy atom. The van der Waals surface area contributed by atoms with Crippen molar-refractivity contribution in [1.82, 2.24) is 4.90 Å². The largest absolute Gasteiger partial charge is 0.452 e. The molecule has 146 valence electrons. The lowest BCUT2D eigenvalue weighted by Gasteiger charge is -2.25. The molecule has 0 bridgehead atoms. The van der Waals surface area contributed by atoms with Crippen LogP contribution in [0.3, 0.4) is 0 Å². The van der Waals surface area contributed by atoms with E-state index < -0.39 is 5.97 Å². The summed E-state index contributed by atoms with van der Waals surface area (Å²) in [5, 5.41) is 2.79. The predicted octanol–water partition coefficient (Wildman–Crippen LogP) is 3.50. The quantitative estimate of drug-likeness (QED) is 0.780. The minimum Gasteiger partial charge on any atom is -0.452 e. The van der Waals surface area contributed by atoms with Gasteiger partial charge in [-0.1, -0.05) is 30.3 Å². The third kappa shape index (κ3) is 4.72. The molecule has 3 rings (SSSR count). The van der Waals surface area contributed by atoms with Gasteiger partial charge in [-0.3, -0.25) is 9.59 Å². The van der Waals surface area contributed by atoms with Crippen LogP contribution < -0.4 is 5.32 Å². The van der Waals surface area contributed by atoms with E-state index in [2.05, 4.69) is 5.32 Å². The summed E-state index contributed by atoms with van der Waals surface area (Å²) in [5.41, 5.74) is 1.90. The van der Waals surface area contributed by atoms with Crippen molar-refractivity contribution in [2.75, 3.05) is 24.7 Å². The SMILES string of the molecule is C[C@@H](c1ccccc1)N(C)C(=O)COC(=O)c1ccc2c(c1)NC(=O)CCS2. The molecule has 0 saturated carbocycles. The minimum atomic E-state index is -0.597. The van der Waals surface area contributed by atoms with Crippen LogP contribution in [0.25, 0.3) is 0 Å². The molecular formula is C21H22N2O4S. The van der Waals surface area contributed by atoms with Gasteiger partial charge in [-0.25, -0.2) is 4.79 Å². The summed E-state index contributed by atoms with van der Waals surface area (Å²) in [5.74, 6) is -0.268. The van der Waals surface area contributed by atoms with Crippen LogP contribution in [0.2, 0.25) is 0 Å². The Bertz CT molecular complexity index is 885. The molecule has 1 heterocycles. The van der Waals surface area contributed by atoms with E-state index in [0.717, 1.165) is 10.5 Å². The summed E-state index contributed by atoms with van der Waals surface area (Å²) in [6.07, 6.45) is 0.430. The number of nitrogens with zero attached hydrogens (tertiary/aromatic N) is 1. The van der Waals surface area contributed by atoms with Crippen molar-refractivity contribution in [3.63, 3.8) is 0 Å². The zero-order valence-electron chi connectivity index (χ0n) is 15.8. The number of carbonyl (C=O) groups excluding carboxylic acids is 3. The van der Waals surface area contributed by atoms with Crippen LogP contribution in [0, 0.1) is 0 Å². The number of carbonyl (C=O) groups is 3. The number of benzene rings is 2. The van der Waals surface area contributed by atoms with Gasteiger partial charge in [0.1, 0.15) is 0 Å². The Labute approximate surface area is 168 Å². The number of nitrogens with one attached hydrogen (secondary N) is 1. The first-order valence-electron chi connectivity index (χ1n) is 9.00. The Kier molecular flexibility index (Phi) is 6.36. The van der Waals surface area contributed by atoms with Crippen molar-refractivity contribution in [1.29, 1.82) is 0 Å². The zero-order valence-corrected chi connectivity index (χ0v) is 16.6. The van der Waals surface area contributed by atoms with E-state index in [4.69, 9.17) is 4.74 Å². The number of amides is 2. The molecule has 0 radical (unpaired) electrons. The van der Waals surface area contributed by atoms with Crippen molar-refractivity contribution < 1.29 is 19.1 Å². The maximum absolute atomic E-state index is 12.4. The van der Waals surface area contributed by atoms with E-state index in [1.165, 1.54) is 0 Å². The van der Waals surface area contributed by atoms with Crippen LogP contribution in [0.1, 0.15) is 35.3 Å². The molecule has 0 aromatic heterocycles. The lowest BCUT2D eigenvalue weighted by atomic mass is 10.1. The highest BCUT2D eigenvalue weighted by molar-refractivity contribution is 7.99. The van der Waals surface area contributed by atoms with E-state index in [-0.39, 0.29) is 24.5 Å². The fourth-order valence-corrected chi connectivity index (χ4v) is 3.77. The van der Waals surface area contributed by atoms with Gasteiger partial charge in [0.05, 0.1) is 17.3 Å². The second-order valence-electron chi connectivity index (χ2n) is 6.53. The number of anilines is 1. The van der Waals surface area contributed by atoms with E-state index >= 15 is 0 Å². The first kappa shape index (κ1) is 19.9. The Hall–Kier alpha value is -2.80. The number of ether oxygens (including phenoxy) is 1. The molecule has 28 heavy (non-hydrogen) atoms. The average Bonchev–Trinajstić information content (AvgIpc) is 2.91. The lowest BCUT2D eigenvalue weighted by molar-refractivity contribution is -0.135. The Balaban J connectivity index is 1.61. The van der Waals surface area contributed by atoms with E-state index in [1.54, 1.807) is 41.9 Å². The molecular weight excluding hydrogens is 376 g/mol. The van der Waals surface area contributed by atoms with Gasteiger partial charge in [0, 0.05) is 24.1 Å². The summed E-state index contributed by atoms with van der Waals surface area (Å²) in [7, 11) is 1.68. The Morgan fingerprint density at radius 3 is 2.71 bits per heavy atom. The minimum absolute atomic E-state index is 0.0801. The van der Waals surface area contributed by atoms with Gasteiger partial charge in [-0.15, -0.1) is 11.8 Å². The molecule has 1 N–H and O–H groups in total. The molecule has 2 aromatic rings. The second kappa shape index (κ2) is 8.93. The van der Waals surface area contributed by atoms with Gasteiger partial charge in [0.25, 0.3) is 5.91 Å². The highest BCUT2D eigenvalue weighted by Gasteiger charge is 2.20. The van der Waals surface area contributed by atoms with Crippen LogP contribution in [0.5, 0.6) is 0 Å². The summed E-state index contributed by atoms with van der Waals surface area (Å²) < 4.78 is 5.20. The van der Waals surface area contributed by atoms with Crippen molar-refractivity contribution in [3.8, 4) is 0 Å². The van der Waals surface area contributed by atoms with Crippen molar-refractivity contribution in [3.05, 3.63) is 59.7 Å². The van der Waals surface area contributed by atoms with E-state index in [0.29, 0.717) is 23.4 Å². The number of esters is 1. The fourth-order valence-electron chi connectivity index (χ4n) is 2.83. The first-order valence-corrected chi connectivity index (χ1v) is 9.98. The third-order valence-corrected chi connectivity index (χ3v) is 5.73. The molecule has 1 aliphatic heterocycles. The molecule has 1 aliphatic rings. The summed E-state index contributed by atoms with van der Waals surface area (Å²) in [4.78, 5) is 38.9. The third-order valence-electron chi connectivity index (χ3n) is 4.66. The van der Waals surface area contributed by atoms with Crippen molar-refractivity contribution >= 4 is 35.2 Å². The molecule has 1 atom stereocenters. The highest BCUT2D eigenvalue weighted by Crippen LogP contribution is 2.31. The van der Waals surface area contributed by atoms with Gasteiger partial charge in [-0.05, 0) is 30.7 Å². The van der Waals surface area contributed by atoms with Gasteiger partial charge in [0.2, 0.25) is 5.91 Å². The Morgan fingerprint density at radius 2 is 1.96 bits per heavy atom. The number of thioether (sulfide) groups is 1. The molecule has 0 fully saturated rings. The second-order valence-corrected chi connectivity index (χ2v) is 7.66. The molecule has 0 aliphatic carbocycles. The number of hydrogen-bond acceptors (Lipinski definition) is 5. The number of hydrogen-bond donors (Lipinski definition) is 1. The van der Waals surface area contributed by atoms with E-state index in [9.17, 15) is 14.4 Å². The fraction of sp³-hybridized carbons (Fsp3) is 0.286. The summed E-state index contributed by atoms with van der Waals surface area (Å²) in [6, 6.07) is 14.5. The average molecular weight is 398 g/mol. The van der Waals surface area contributed by atoms with Crippen LogP contribution >= 0.6 is 11.8 Å². The van der Waals surface area contributed by atoms with Crippen LogP contribution in [-0.4, -0.2) is 42.1 Å². The summed E-state index contributed by atoms with van der Waals surface area (Å²) >= 11 is 1.56. The molecule has 7 heteroatoms. The predicted molar refractivity (Wildman–Crippen MR) is 108 cm³/mol. The molecule has 0 unspecified atom stereocenters. The maximum Gasteiger partial charge on any atom is 0.338 e. The van der Waals surface area contributed by atoms with Crippen molar-refractivity contribution in [2.24, 2.45) is 0 Å². The number of fused-ring (bicyclic) bond motifs is 1. The number of rotatable bonds is 5. The van der Waals surface area contributed by atoms with Crippen molar-refractivity contribution in [2.45, 2.75) is 24.3 Å². The molecule has 0 spiro atoms. The lowest BCUT2D eigenvalue weighted by Crippen LogP contribution is -2.33. The van der Waals surface area contributed by atoms with Gasteiger partial charge >= 0.3 is 5.97 Å². The standard InChI is InChI=1S/C21H22N2O4S/c1-14(15-6-4-3-5-7-15)23(2)20(25)13-27-21(26)16-8-9-18-17(12-16)22-19(24)10-11-28-18/h3-9,12,14H,10-11,13H2,1-2H3,(H,22,24)/t14-/m0/s1. The van der Waals surface area contributed by atoms with Gasteiger partial charge in [0.15, 0.2) is 6.61 Å². The zero-order chi connectivity index (χ0) is 20.1. The van der Waals surface area contributed by atoms with Crippen LogP contribution in [0.4, 0.5) is 5.69 Å². The smallest absolute Gasteiger partial charge is 0.338 e. The van der Waals surface area contributed by atoms with Gasteiger partial charge < -0.3 is 15.0 Å². The molecule has 6 nitrogen and oxygen atoms in total. The van der Waals surface area contributed by atoms with Crippen LogP contribution in [0.15, 0.2) is 53.4 Å². The summed E-state index contributed by atoms with van der Waals surface area (Å²) in [6.45, 7) is 1.58. The number of likely N-dealkylation sites (N-methyl/N-ethyl adjacent to an activating group) is 1. The highest BCUT2D eigenvalue weighted by atomic mass is 32.2. The first-order chi connectivity index (χ1) is 13.5. The maximum atomic E-state index is 12.4. The molecule has 2 aromatic carbocycles.